The lowest BCUT2D eigenvalue weighted by Gasteiger charge is -2.15. The van der Waals surface area contributed by atoms with Gasteiger partial charge in [-0.15, -0.1) is 11.3 Å². The summed E-state index contributed by atoms with van der Waals surface area (Å²) in [7, 11) is 1.58. The zero-order valence-corrected chi connectivity index (χ0v) is 20.8. The molecule has 0 radical (unpaired) electrons. The molecule has 0 saturated heterocycles. The van der Waals surface area contributed by atoms with E-state index >= 15 is 0 Å². The van der Waals surface area contributed by atoms with E-state index in [1.165, 1.54) is 17.7 Å². The molecular weight excluding hydrogens is 473 g/mol. The summed E-state index contributed by atoms with van der Waals surface area (Å²) in [5, 5.41) is 3.46. The van der Waals surface area contributed by atoms with E-state index in [0.29, 0.717) is 29.5 Å². The van der Waals surface area contributed by atoms with Gasteiger partial charge >= 0.3 is 0 Å². The Bertz CT molecular complexity index is 1490. The van der Waals surface area contributed by atoms with Crippen molar-refractivity contribution in [2.24, 2.45) is 5.73 Å². The van der Waals surface area contributed by atoms with E-state index in [9.17, 15) is 4.39 Å². The number of nitrogens with zero attached hydrogens (tertiary/aromatic N) is 3. The van der Waals surface area contributed by atoms with Gasteiger partial charge in [-0.1, -0.05) is 30.3 Å². The predicted molar refractivity (Wildman–Crippen MR) is 144 cm³/mol. The third-order valence-electron chi connectivity index (χ3n) is 5.95. The number of benzene rings is 2. The highest BCUT2D eigenvalue weighted by molar-refractivity contribution is 7.20. The van der Waals surface area contributed by atoms with Gasteiger partial charge in [0.1, 0.15) is 17.4 Å². The van der Waals surface area contributed by atoms with E-state index in [0.717, 1.165) is 32.6 Å². The number of nitrogens with one attached hydrogen (secondary N) is 1. The van der Waals surface area contributed by atoms with E-state index in [4.69, 9.17) is 20.4 Å². The van der Waals surface area contributed by atoms with Gasteiger partial charge in [0.25, 0.3) is 0 Å². The Morgan fingerprint density at radius 1 is 1.06 bits per heavy atom. The molecule has 2 aromatic carbocycles. The van der Waals surface area contributed by atoms with Crippen LogP contribution in [0.2, 0.25) is 0 Å². The van der Waals surface area contributed by atoms with Gasteiger partial charge in [0.2, 0.25) is 0 Å². The van der Waals surface area contributed by atoms with Gasteiger partial charge in [0.15, 0.2) is 5.82 Å². The van der Waals surface area contributed by atoms with Crippen LogP contribution in [-0.4, -0.2) is 34.6 Å². The number of halogens is 1. The fourth-order valence-electron chi connectivity index (χ4n) is 4.25. The molecule has 5 aromatic rings. The number of thiophene rings is 1. The minimum Gasteiger partial charge on any atom is -0.496 e. The highest BCUT2D eigenvalue weighted by Crippen LogP contribution is 2.44. The van der Waals surface area contributed by atoms with E-state index in [1.54, 1.807) is 36.9 Å². The zero-order chi connectivity index (χ0) is 25.1. The van der Waals surface area contributed by atoms with E-state index in [-0.39, 0.29) is 11.9 Å². The molecule has 36 heavy (non-hydrogen) atoms. The van der Waals surface area contributed by atoms with Gasteiger partial charge in [-0.3, -0.25) is 4.98 Å². The normalized spacial score (nSPS) is 12.0. The van der Waals surface area contributed by atoms with Crippen molar-refractivity contribution in [1.82, 2.24) is 15.0 Å². The second-order valence-corrected chi connectivity index (χ2v) is 9.74. The third kappa shape index (κ3) is 4.91. The van der Waals surface area contributed by atoms with Crippen LogP contribution in [-0.2, 0) is 6.42 Å². The molecule has 3 aromatic heterocycles. The fourth-order valence-corrected chi connectivity index (χ4v) is 5.32. The minimum atomic E-state index is -0.335. The number of pyridine rings is 1. The first-order valence-electron chi connectivity index (χ1n) is 11.6. The maximum atomic E-state index is 14.3. The lowest BCUT2D eigenvalue weighted by molar-refractivity contribution is 0.415. The molecule has 8 heteroatoms. The molecule has 3 heterocycles. The van der Waals surface area contributed by atoms with Crippen LogP contribution in [0.25, 0.3) is 32.7 Å². The molecule has 0 spiro atoms. The van der Waals surface area contributed by atoms with Gasteiger partial charge < -0.3 is 15.8 Å². The number of rotatable bonds is 8. The van der Waals surface area contributed by atoms with Crippen molar-refractivity contribution in [1.29, 1.82) is 0 Å². The van der Waals surface area contributed by atoms with Crippen molar-refractivity contribution < 1.29 is 9.13 Å². The number of aromatic nitrogens is 3. The van der Waals surface area contributed by atoms with Crippen molar-refractivity contribution >= 4 is 27.4 Å². The monoisotopic (exact) mass is 499 g/mol. The Morgan fingerprint density at radius 2 is 1.83 bits per heavy atom. The van der Waals surface area contributed by atoms with Crippen LogP contribution in [0.5, 0.6) is 5.75 Å². The number of nitrogens with two attached hydrogens (primary N) is 1. The summed E-state index contributed by atoms with van der Waals surface area (Å²) in [6.45, 7) is 2.54. The number of ether oxygens (including phenoxy) is 1. The standard InChI is InChI=1S/C28H26FN5OS/c1-17-24(22-15-20(29)8-9-23(22)35-2)25-26(36-17)28(34-27(33-25)19-10-12-31-13-11-19)32-16-21(30)14-18-6-4-3-5-7-18/h3-13,15,21H,14,16,30H2,1-2H3,(H,32,33,34)/t21-/m0/s1. The Morgan fingerprint density at radius 3 is 2.58 bits per heavy atom. The Kier molecular flexibility index (Phi) is 6.88. The van der Waals surface area contributed by atoms with Crippen LogP contribution in [0.4, 0.5) is 10.2 Å². The molecule has 5 rings (SSSR count). The summed E-state index contributed by atoms with van der Waals surface area (Å²) in [6, 6.07) is 18.3. The SMILES string of the molecule is COc1ccc(F)cc1-c1c(C)sc2c(NC[C@@H](N)Cc3ccccc3)nc(-c3ccncc3)nc12. The van der Waals surface area contributed by atoms with E-state index in [1.807, 2.05) is 37.3 Å². The van der Waals surface area contributed by atoms with Crippen LogP contribution in [0.3, 0.4) is 0 Å². The van der Waals surface area contributed by atoms with Gasteiger partial charge in [0.05, 0.1) is 17.3 Å². The molecule has 1 atom stereocenters. The van der Waals surface area contributed by atoms with Crippen LogP contribution in [0.1, 0.15) is 10.4 Å². The van der Waals surface area contributed by atoms with Gasteiger partial charge in [-0.2, -0.15) is 0 Å². The van der Waals surface area contributed by atoms with Crippen molar-refractivity contribution in [3.63, 3.8) is 0 Å². The molecule has 0 bridgehead atoms. The molecule has 0 fully saturated rings. The summed E-state index contributed by atoms with van der Waals surface area (Å²) in [5.74, 6) is 1.50. The average molecular weight is 500 g/mol. The van der Waals surface area contributed by atoms with Crippen molar-refractivity contribution in [2.75, 3.05) is 19.0 Å². The lowest BCUT2D eigenvalue weighted by atomic mass is 10.0. The molecule has 6 nitrogen and oxygen atoms in total. The summed E-state index contributed by atoms with van der Waals surface area (Å²) < 4.78 is 20.8. The van der Waals surface area contributed by atoms with Crippen LogP contribution < -0.4 is 15.8 Å². The molecule has 0 unspecified atom stereocenters. The van der Waals surface area contributed by atoms with E-state index < -0.39 is 0 Å². The first kappa shape index (κ1) is 23.8. The molecule has 0 aliphatic rings. The number of hydrogen-bond donors (Lipinski definition) is 2. The first-order chi connectivity index (χ1) is 17.5. The molecule has 0 saturated carbocycles. The smallest absolute Gasteiger partial charge is 0.162 e. The van der Waals surface area contributed by atoms with Crippen molar-refractivity contribution in [3.8, 4) is 28.3 Å². The Balaban J connectivity index is 1.59. The largest absolute Gasteiger partial charge is 0.496 e. The zero-order valence-electron chi connectivity index (χ0n) is 20.0. The summed E-state index contributed by atoms with van der Waals surface area (Å²) in [6.07, 6.45) is 4.16. The fraction of sp³-hybridized carbons (Fsp3) is 0.179. The maximum Gasteiger partial charge on any atom is 0.162 e. The Labute approximate surface area is 213 Å². The molecule has 182 valence electrons. The summed E-state index contributed by atoms with van der Waals surface area (Å²) in [5.41, 5.74) is 10.7. The first-order valence-corrected chi connectivity index (χ1v) is 12.4. The van der Waals surface area contributed by atoms with Crippen LogP contribution >= 0.6 is 11.3 Å². The van der Waals surface area contributed by atoms with Crippen molar-refractivity contribution in [2.45, 2.75) is 19.4 Å². The number of anilines is 1. The number of fused-ring (bicyclic) bond motifs is 1. The lowest BCUT2D eigenvalue weighted by Crippen LogP contribution is -2.31. The van der Waals surface area contributed by atoms with Gasteiger partial charge in [-0.05, 0) is 49.2 Å². The van der Waals surface area contributed by atoms with Gasteiger partial charge in [-0.25, -0.2) is 14.4 Å². The number of methoxy groups -OCH3 is 1. The Hall–Kier alpha value is -3.88. The number of aryl methyl sites for hydroxylation is 1. The summed E-state index contributed by atoms with van der Waals surface area (Å²) >= 11 is 1.57. The van der Waals surface area contributed by atoms with E-state index in [2.05, 4.69) is 22.4 Å². The quantitative estimate of drug-likeness (QED) is 0.278. The topological polar surface area (TPSA) is 86.0 Å². The highest BCUT2D eigenvalue weighted by Gasteiger charge is 2.22. The van der Waals surface area contributed by atoms with Crippen LogP contribution in [0, 0.1) is 12.7 Å². The van der Waals surface area contributed by atoms with Gasteiger partial charge in [0, 0.05) is 46.5 Å². The predicted octanol–water partition coefficient (Wildman–Crippen LogP) is 5.86. The molecular formula is C28H26FN5OS. The second-order valence-electron chi connectivity index (χ2n) is 8.52. The van der Waals surface area contributed by atoms with Crippen LogP contribution in [0.15, 0.2) is 73.1 Å². The molecule has 0 aliphatic heterocycles. The number of hydrogen-bond acceptors (Lipinski definition) is 7. The maximum absolute atomic E-state index is 14.3. The summed E-state index contributed by atoms with van der Waals surface area (Å²) in [4.78, 5) is 14.9. The molecule has 0 aliphatic carbocycles. The molecule has 0 amide bonds. The second kappa shape index (κ2) is 10.4. The minimum absolute atomic E-state index is 0.106. The van der Waals surface area contributed by atoms with Crippen molar-refractivity contribution in [3.05, 3.63) is 89.3 Å². The highest BCUT2D eigenvalue weighted by atomic mass is 32.1. The third-order valence-corrected chi connectivity index (χ3v) is 7.05. The average Bonchev–Trinajstić information content (AvgIpc) is 3.24. The molecule has 3 N–H and O–H groups in total.